The molecule has 3 aromatic heterocycles. The van der Waals surface area contributed by atoms with Crippen molar-refractivity contribution in [2.75, 3.05) is 5.32 Å². The zero-order valence-corrected chi connectivity index (χ0v) is 20.4. The summed E-state index contributed by atoms with van der Waals surface area (Å²) in [6.07, 6.45) is 0.0133. The summed E-state index contributed by atoms with van der Waals surface area (Å²) in [5.41, 5.74) is 3.26. The lowest BCUT2D eigenvalue weighted by Gasteiger charge is -2.32. The highest BCUT2D eigenvalue weighted by Gasteiger charge is 2.32. The van der Waals surface area contributed by atoms with E-state index in [1.54, 1.807) is 6.07 Å². The third-order valence-electron chi connectivity index (χ3n) is 6.93. The Labute approximate surface area is 211 Å². The third kappa shape index (κ3) is 5.00. The van der Waals surface area contributed by atoms with E-state index in [4.69, 9.17) is 0 Å². The molecule has 0 aliphatic heterocycles. The summed E-state index contributed by atoms with van der Waals surface area (Å²) < 4.78 is 41.1. The number of aromatic carboxylic acids is 1. The van der Waals surface area contributed by atoms with E-state index < -0.39 is 17.8 Å². The summed E-state index contributed by atoms with van der Waals surface area (Å²) in [5, 5.41) is 13.1. The number of nitrogens with one attached hydrogen (secondary N) is 1. The Balaban J connectivity index is 1.68. The lowest BCUT2D eigenvalue weighted by Crippen LogP contribution is -2.31. The van der Waals surface area contributed by atoms with Crippen LogP contribution in [0.4, 0.5) is 19.0 Å². The summed E-state index contributed by atoms with van der Waals surface area (Å²) in [5.74, 6) is -0.712. The Bertz CT molecular complexity index is 1460. The molecule has 0 radical (unpaired) electrons. The first-order valence-electron chi connectivity index (χ1n) is 12.1. The number of pyridine rings is 1. The van der Waals surface area contributed by atoms with Crippen molar-refractivity contribution >= 4 is 22.8 Å². The van der Waals surface area contributed by atoms with Gasteiger partial charge < -0.3 is 15.0 Å². The van der Waals surface area contributed by atoms with E-state index >= 15 is 0 Å². The van der Waals surface area contributed by atoms with Gasteiger partial charge in [0.25, 0.3) is 0 Å². The molecule has 1 aromatic carbocycles. The molecule has 5 rings (SSSR count). The average Bonchev–Trinajstić information content (AvgIpc) is 3.16. The van der Waals surface area contributed by atoms with Gasteiger partial charge in [-0.15, -0.1) is 0 Å². The molecular weight excluding hydrogens is 483 g/mol. The van der Waals surface area contributed by atoms with Gasteiger partial charge in [-0.25, -0.2) is 14.8 Å². The molecule has 0 unspecified atom stereocenters. The number of alkyl halides is 3. The summed E-state index contributed by atoms with van der Waals surface area (Å²) in [4.78, 5) is 24.1. The van der Waals surface area contributed by atoms with Crippen LogP contribution in [0.5, 0.6) is 0 Å². The second kappa shape index (κ2) is 9.49. The predicted molar refractivity (Wildman–Crippen MR) is 133 cm³/mol. The Kier molecular flexibility index (Phi) is 6.35. The van der Waals surface area contributed by atoms with Gasteiger partial charge in [0.05, 0.1) is 11.2 Å². The lowest BCUT2D eigenvalue weighted by atomic mass is 9.80. The van der Waals surface area contributed by atoms with Gasteiger partial charge in [0, 0.05) is 18.8 Å². The number of anilines is 1. The van der Waals surface area contributed by atoms with Crippen LogP contribution in [0.1, 0.15) is 53.6 Å². The summed E-state index contributed by atoms with van der Waals surface area (Å²) in [6, 6.07) is 12.0. The van der Waals surface area contributed by atoms with Crippen LogP contribution in [0.2, 0.25) is 0 Å². The number of aromatic nitrogens is 4. The van der Waals surface area contributed by atoms with Crippen LogP contribution in [-0.4, -0.2) is 36.6 Å². The number of fused-ring (bicyclic) bond motifs is 1. The number of aryl methyl sites for hydroxylation is 1. The normalized spacial score (nSPS) is 14.9. The SMILES string of the molecule is Cc1cccc(-c2cc3nc(C(=O)O)nc(N[C@H](C)C4CCC4)c3n2Cc2ccc(C(F)(F)F)nc2)c1. The highest BCUT2D eigenvalue weighted by Crippen LogP contribution is 2.35. The van der Waals surface area contributed by atoms with Gasteiger partial charge in [0.1, 0.15) is 11.2 Å². The summed E-state index contributed by atoms with van der Waals surface area (Å²) in [6.45, 7) is 4.21. The Morgan fingerprint density at radius 3 is 2.57 bits per heavy atom. The molecule has 1 fully saturated rings. The number of hydrogen-bond acceptors (Lipinski definition) is 5. The number of carboxylic acids is 1. The largest absolute Gasteiger partial charge is 0.475 e. The molecule has 0 spiro atoms. The molecular formula is C27H26F3N5O2. The predicted octanol–water partition coefficient (Wildman–Crippen LogP) is 6.17. The number of halogens is 3. The molecule has 0 amide bonds. The van der Waals surface area contributed by atoms with Crippen molar-refractivity contribution in [2.45, 2.75) is 51.9 Å². The molecule has 1 atom stereocenters. The lowest BCUT2D eigenvalue weighted by molar-refractivity contribution is -0.141. The van der Waals surface area contributed by atoms with Crippen LogP contribution in [0, 0.1) is 12.8 Å². The molecule has 1 aliphatic carbocycles. The van der Waals surface area contributed by atoms with Crippen LogP contribution >= 0.6 is 0 Å². The number of benzene rings is 1. The van der Waals surface area contributed by atoms with Gasteiger partial charge in [0.2, 0.25) is 5.82 Å². The van der Waals surface area contributed by atoms with Gasteiger partial charge in [0.15, 0.2) is 5.82 Å². The van der Waals surface area contributed by atoms with E-state index in [9.17, 15) is 23.1 Å². The van der Waals surface area contributed by atoms with Gasteiger partial charge in [-0.2, -0.15) is 13.2 Å². The maximum absolute atomic E-state index is 13.1. The first-order valence-corrected chi connectivity index (χ1v) is 12.1. The molecule has 7 nitrogen and oxygen atoms in total. The van der Waals surface area contributed by atoms with E-state index in [2.05, 4.69) is 20.3 Å². The minimum absolute atomic E-state index is 0.0620. The van der Waals surface area contributed by atoms with Crippen molar-refractivity contribution in [1.82, 2.24) is 19.5 Å². The molecule has 0 bridgehead atoms. The van der Waals surface area contributed by atoms with Crippen molar-refractivity contribution in [3.8, 4) is 11.3 Å². The summed E-state index contributed by atoms with van der Waals surface area (Å²) >= 11 is 0. The number of nitrogens with zero attached hydrogens (tertiary/aromatic N) is 4. The Morgan fingerprint density at radius 1 is 1.19 bits per heavy atom. The van der Waals surface area contributed by atoms with Crippen LogP contribution in [0.15, 0.2) is 48.7 Å². The van der Waals surface area contributed by atoms with E-state index in [0.29, 0.717) is 28.3 Å². The Morgan fingerprint density at radius 2 is 1.97 bits per heavy atom. The van der Waals surface area contributed by atoms with E-state index in [1.165, 1.54) is 12.3 Å². The molecule has 10 heteroatoms. The zero-order valence-electron chi connectivity index (χ0n) is 20.4. The first kappa shape index (κ1) is 24.7. The van der Waals surface area contributed by atoms with Crippen molar-refractivity contribution in [2.24, 2.45) is 5.92 Å². The van der Waals surface area contributed by atoms with Crippen LogP contribution < -0.4 is 5.32 Å². The highest BCUT2D eigenvalue weighted by atomic mass is 19.4. The third-order valence-corrected chi connectivity index (χ3v) is 6.93. The van der Waals surface area contributed by atoms with Gasteiger partial charge in [-0.3, -0.25) is 4.98 Å². The van der Waals surface area contributed by atoms with Crippen molar-refractivity contribution in [3.63, 3.8) is 0 Å². The molecule has 0 saturated heterocycles. The van der Waals surface area contributed by atoms with E-state index in [-0.39, 0.29) is 18.4 Å². The van der Waals surface area contributed by atoms with E-state index in [0.717, 1.165) is 42.1 Å². The smallest absolute Gasteiger partial charge is 0.433 e. The maximum Gasteiger partial charge on any atom is 0.433 e. The fourth-order valence-electron chi connectivity index (χ4n) is 4.71. The van der Waals surface area contributed by atoms with Crippen LogP contribution in [0.25, 0.3) is 22.3 Å². The molecule has 1 aliphatic rings. The fourth-order valence-corrected chi connectivity index (χ4v) is 4.71. The van der Waals surface area contributed by atoms with E-state index in [1.807, 2.05) is 42.7 Å². The topological polar surface area (TPSA) is 92.9 Å². The van der Waals surface area contributed by atoms with Crippen molar-refractivity contribution in [1.29, 1.82) is 0 Å². The molecule has 2 N–H and O–H groups in total. The van der Waals surface area contributed by atoms with Crippen molar-refractivity contribution in [3.05, 3.63) is 71.3 Å². The van der Waals surface area contributed by atoms with Crippen LogP contribution in [0.3, 0.4) is 0 Å². The first-order chi connectivity index (χ1) is 17.6. The standard InChI is InChI=1S/C27H26F3N5O2/c1-15-5-3-8-19(11-15)21-12-20-23(35(21)14-17-9-10-22(31-13-17)27(28,29)30)24(34-25(33-20)26(36)37)32-16(2)18-6-4-7-18/h3,5,8-13,16,18H,4,6-7,14H2,1-2H3,(H,36,37)(H,32,33,34)/t16-/m1/s1. The van der Waals surface area contributed by atoms with Crippen LogP contribution in [-0.2, 0) is 12.7 Å². The summed E-state index contributed by atoms with van der Waals surface area (Å²) in [7, 11) is 0. The number of carboxylic acid groups (broad SMARTS) is 1. The van der Waals surface area contributed by atoms with Crippen molar-refractivity contribution < 1.29 is 23.1 Å². The number of hydrogen-bond donors (Lipinski definition) is 2. The molecule has 4 aromatic rings. The maximum atomic E-state index is 13.1. The quantitative estimate of drug-likeness (QED) is 0.310. The molecule has 37 heavy (non-hydrogen) atoms. The second-order valence-corrected chi connectivity index (χ2v) is 9.59. The van der Waals surface area contributed by atoms with Gasteiger partial charge in [-0.05, 0) is 61.9 Å². The average molecular weight is 510 g/mol. The minimum Gasteiger partial charge on any atom is -0.475 e. The molecule has 1 saturated carbocycles. The number of rotatable bonds is 7. The second-order valence-electron chi connectivity index (χ2n) is 9.59. The molecule has 192 valence electrons. The Hall–Kier alpha value is -3.95. The zero-order chi connectivity index (χ0) is 26.3. The van der Waals surface area contributed by atoms with Gasteiger partial charge in [-0.1, -0.05) is 36.2 Å². The van der Waals surface area contributed by atoms with Gasteiger partial charge >= 0.3 is 12.1 Å². The highest BCUT2D eigenvalue weighted by molar-refractivity contribution is 5.95. The number of carbonyl (C=O) groups is 1. The molecule has 3 heterocycles. The fraction of sp³-hybridized carbons (Fsp3) is 0.333. The monoisotopic (exact) mass is 509 g/mol. The minimum atomic E-state index is -4.53.